The fourth-order valence-corrected chi connectivity index (χ4v) is 3.31. The van der Waals surface area contributed by atoms with Crippen molar-refractivity contribution >= 4 is 17.3 Å². The van der Waals surface area contributed by atoms with Crippen molar-refractivity contribution in [1.29, 1.82) is 0 Å². The summed E-state index contributed by atoms with van der Waals surface area (Å²) in [5, 5.41) is 10.1. The second-order valence-electron chi connectivity index (χ2n) is 5.28. The van der Waals surface area contributed by atoms with Gasteiger partial charge in [-0.05, 0) is 17.4 Å². The highest BCUT2D eigenvalue weighted by molar-refractivity contribution is 7.13. The molecule has 3 rings (SSSR count). The lowest BCUT2D eigenvalue weighted by Crippen LogP contribution is -2.24. The average molecular weight is 307 g/mol. The number of hydrogen-bond acceptors (Lipinski definition) is 7. The molecule has 2 aromatic heterocycles. The number of esters is 1. The van der Waals surface area contributed by atoms with E-state index < -0.39 is 0 Å². The van der Waals surface area contributed by atoms with Crippen molar-refractivity contribution < 1.29 is 13.9 Å². The Balaban J connectivity index is 1.64. The first-order chi connectivity index (χ1) is 10.2. The van der Waals surface area contributed by atoms with Crippen molar-refractivity contribution in [3.63, 3.8) is 0 Å². The summed E-state index contributed by atoms with van der Waals surface area (Å²) in [7, 11) is 1.43. The van der Waals surface area contributed by atoms with Crippen molar-refractivity contribution in [3.8, 4) is 10.8 Å². The number of carbonyl (C=O) groups excluding carboxylic acids is 1. The average Bonchev–Trinajstić information content (AvgIpc) is 3.18. The molecule has 1 aliphatic heterocycles. The molecule has 7 heteroatoms. The number of ether oxygens (including phenoxy) is 1. The number of methoxy groups -OCH3 is 1. The molecule has 3 heterocycles. The fourth-order valence-electron chi connectivity index (χ4n) is 2.66. The van der Waals surface area contributed by atoms with Crippen molar-refractivity contribution in [2.75, 3.05) is 20.2 Å². The molecule has 21 heavy (non-hydrogen) atoms. The highest BCUT2D eigenvalue weighted by Crippen LogP contribution is 2.27. The number of hydrogen-bond donors (Lipinski definition) is 0. The third-order valence-corrected chi connectivity index (χ3v) is 4.61. The molecule has 0 amide bonds. The lowest BCUT2D eigenvalue weighted by molar-refractivity contribution is -0.146. The first kappa shape index (κ1) is 14.2. The van der Waals surface area contributed by atoms with Crippen LogP contribution in [0.25, 0.3) is 10.8 Å². The lowest BCUT2D eigenvalue weighted by atomic mass is 9.99. The summed E-state index contributed by atoms with van der Waals surface area (Å²) in [4.78, 5) is 14.8. The Morgan fingerprint density at radius 2 is 2.38 bits per heavy atom. The van der Waals surface area contributed by atoms with Crippen LogP contribution in [-0.4, -0.2) is 41.3 Å². The number of aromatic nitrogens is 2. The summed E-state index contributed by atoms with van der Waals surface area (Å²) in [5.41, 5.74) is 0. The zero-order valence-corrected chi connectivity index (χ0v) is 12.8. The lowest BCUT2D eigenvalue weighted by Gasteiger charge is -2.12. The quantitative estimate of drug-likeness (QED) is 0.805. The van der Waals surface area contributed by atoms with Crippen molar-refractivity contribution in [2.45, 2.75) is 13.5 Å². The Morgan fingerprint density at radius 3 is 3.10 bits per heavy atom. The van der Waals surface area contributed by atoms with Gasteiger partial charge in [0.25, 0.3) is 5.89 Å². The molecule has 1 saturated heterocycles. The normalized spacial score (nSPS) is 22.6. The van der Waals surface area contributed by atoms with E-state index in [2.05, 4.69) is 22.0 Å². The minimum atomic E-state index is -0.144. The van der Waals surface area contributed by atoms with Gasteiger partial charge in [-0.3, -0.25) is 9.69 Å². The van der Waals surface area contributed by atoms with E-state index in [4.69, 9.17) is 9.15 Å². The van der Waals surface area contributed by atoms with Gasteiger partial charge < -0.3 is 9.15 Å². The highest BCUT2D eigenvalue weighted by atomic mass is 32.1. The SMILES string of the molecule is COC(=O)C1CN(Cc2nnc(-c3cccs3)o2)CC1C. The van der Waals surface area contributed by atoms with Gasteiger partial charge in [-0.2, -0.15) is 0 Å². The molecule has 2 unspecified atom stereocenters. The van der Waals surface area contributed by atoms with Gasteiger partial charge in [0.05, 0.1) is 24.4 Å². The third kappa shape index (κ3) is 2.98. The van der Waals surface area contributed by atoms with Crippen LogP contribution in [0.3, 0.4) is 0 Å². The second kappa shape index (κ2) is 5.95. The van der Waals surface area contributed by atoms with Crippen LogP contribution in [0.5, 0.6) is 0 Å². The van der Waals surface area contributed by atoms with Gasteiger partial charge in [0.2, 0.25) is 5.89 Å². The highest BCUT2D eigenvalue weighted by Gasteiger charge is 2.36. The number of nitrogens with zero attached hydrogens (tertiary/aromatic N) is 3. The molecule has 0 aliphatic carbocycles. The van der Waals surface area contributed by atoms with E-state index in [1.54, 1.807) is 11.3 Å². The maximum Gasteiger partial charge on any atom is 0.310 e. The molecule has 6 nitrogen and oxygen atoms in total. The molecule has 0 saturated carbocycles. The Morgan fingerprint density at radius 1 is 1.52 bits per heavy atom. The molecule has 1 fully saturated rings. The van der Waals surface area contributed by atoms with Crippen LogP contribution >= 0.6 is 11.3 Å². The van der Waals surface area contributed by atoms with E-state index in [1.807, 2.05) is 17.5 Å². The monoisotopic (exact) mass is 307 g/mol. The van der Waals surface area contributed by atoms with Gasteiger partial charge in [0.15, 0.2) is 0 Å². The summed E-state index contributed by atoms with van der Waals surface area (Å²) in [6.07, 6.45) is 0. The second-order valence-corrected chi connectivity index (χ2v) is 6.23. The summed E-state index contributed by atoms with van der Waals surface area (Å²) in [6.45, 7) is 4.13. The van der Waals surface area contributed by atoms with E-state index >= 15 is 0 Å². The number of rotatable bonds is 4. The van der Waals surface area contributed by atoms with E-state index in [0.29, 0.717) is 24.9 Å². The smallest absolute Gasteiger partial charge is 0.310 e. The Bertz CT molecular complexity index is 611. The van der Waals surface area contributed by atoms with Gasteiger partial charge in [0, 0.05) is 13.1 Å². The van der Waals surface area contributed by atoms with E-state index in [1.165, 1.54) is 7.11 Å². The molecule has 0 aromatic carbocycles. The van der Waals surface area contributed by atoms with Crippen LogP contribution in [0, 0.1) is 11.8 Å². The minimum Gasteiger partial charge on any atom is -0.469 e. The largest absolute Gasteiger partial charge is 0.469 e. The van der Waals surface area contributed by atoms with Gasteiger partial charge in [-0.1, -0.05) is 13.0 Å². The number of thiophene rings is 1. The molecule has 2 atom stereocenters. The predicted molar refractivity (Wildman–Crippen MR) is 77.6 cm³/mol. The number of likely N-dealkylation sites (tertiary alicyclic amines) is 1. The first-order valence-electron chi connectivity index (χ1n) is 6.84. The molecule has 1 aliphatic rings. The molecule has 2 aromatic rings. The Kier molecular flexibility index (Phi) is 4.03. The zero-order chi connectivity index (χ0) is 14.8. The van der Waals surface area contributed by atoms with Gasteiger partial charge in [-0.25, -0.2) is 0 Å². The Hall–Kier alpha value is -1.73. The zero-order valence-electron chi connectivity index (χ0n) is 12.0. The summed E-state index contributed by atoms with van der Waals surface area (Å²) in [6, 6.07) is 3.90. The number of carbonyl (C=O) groups is 1. The van der Waals surface area contributed by atoms with Crippen molar-refractivity contribution in [2.24, 2.45) is 11.8 Å². The molecule has 0 bridgehead atoms. The molecule has 0 radical (unpaired) electrons. The molecule has 0 spiro atoms. The Labute approximate surface area is 126 Å². The fraction of sp³-hybridized carbons (Fsp3) is 0.500. The van der Waals surface area contributed by atoms with Crippen LogP contribution in [0.15, 0.2) is 21.9 Å². The first-order valence-corrected chi connectivity index (χ1v) is 7.71. The van der Waals surface area contributed by atoms with E-state index in [9.17, 15) is 4.79 Å². The van der Waals surface area contributed by atoms with Crippen LogP contribution in [0.2, 0.25) is 0 Å². The molecular formula is C14H17N3O3S. The van der Waals surface area contributed by atoms with Gasteiger partial charge in [0.1, 0.15) is 0 Å². The molecule has 112 valence electrons. The van der Waals surface area contributed by atoms with E-state index in [0.717, 1.165) is 11.4 Å². The topological polar surface area (TPSA) is 68.5 Å². The van der Waals surface area contributed by atoms with E-state index in [-0.39, 0.29) is 17.8 Å². The van der Waals surface area contributed by atoms with Crippen LogP contribution in [0.1, 0.15) is 12.8 Å². The van der Waals surface area contributed by atoms with Crippen LogP contribution < -0.4 is 0 Å². The van der Waals surface area contributed by atoms with Crippen molar-refractivity contribution in [1.82, 2.24) is 15.1 Å². The maximum atomic E-state index is 11.7. The van der Waals surface area contributed by atoms with Gasteiger partial charge in [-0.15, -0.1) is 21.5 Å². The van der Waals surface area contributed by atoms with Crippen LogP contribution in [-0.2, 0) is 16.1 Å². The summed E-state index contributed by atoms with van der Waals surface area (Å²) < 4.78 is 10.5. The summed E-state index contributed by atoms with van der Waals surface area (Å²) in [5.74, 6) is 1.19. The van der Waals surface area contributed by atoms with Gasteiger partial charge >= 0.3 is 5.97 Å². The summed E-state index contributed by atoms with van der Waals surface area (Å²) >= 11 is 1.57. The van der Waals surface area contributed by atoms with Crippen molar-refractivity contribution in [3.05, 3.63) is 23.4 Å². The minimum absolute atomic E-state index is 0.0744. The van der Waals surface area contributed by atoms with Crippen LogP contribution in [0.4, 0.5) is 0 Å². The molecular weight excluding hydrogens is 290 g/mol. The standard InChI is InChI=1S/C14H17N3O3S/c1-9-6-17(7-10(9)14(18)19-2)8-12-15-16-13(20-12)11-4-3-5-21-11/h3-5,9-10H,6-8H2,1-2H3. The maximum absolute atomic E-state index is 11.7. The molecule has 0 N–H and O–H groups in total. The predicted octanol–water partition coefficient (Wildman–Crippen LogP) is 2.04. The third-order valence-electron chi connectivity index (χ3n) is 3.75.